The van der Waals surface area contributed by atoms with Crippen LogP contribution in [0.4, 0.5) is 10.1 Å². The first kappa shape index (κ1) is 12.2. The predicted molar refractivity (Wildman–Crippen MR) is 65.3 cm³/mol. The summed E-state index contributed by atoms with van der Waals surface area (Å²) < 4.78 is 14.4. The monoisotopic (exact) mass is 299 g/mol. The second-order valence-electron chi connectivity index (χ2n) is 4.09. The first-order valence-corrected chi connectivity index (χ1v) is 6.03. The molecule has 0 radical (unpaired) electrons. The van der Waals surface area contributed by atoms with Crippen LogP contribution in [0.25, 0.3) is 0 Å². The van der Waals surface area contributed by atoms with Gasteiger partial charge in [-0.2, -0.15) is 0 Å². The van der Waals surface area contributed by atoms with Gasteiger partial charge in [-0.15, -0.1) is 0 Å². The third-order valence-electron chi connectivity index (χ3n) is 2.88. The topological polar surface area (TPSA) is 37.4 Å². The van der Waals surface area contributed by atoms with E-state index in [0.717, 1.165) is 4.90 Å². The highest BCUT2D eigenvalue weighted by atomic mass is 79.9. The van der Waals surface area contributed by atoms with Crippen LogP contribution >= 0.6 is 15.9 Å². The average molecular weight is 300 g/mol. The van der Waals surface area contributed by atoms with Gasteiger partial charge in [-0.05, 0) is 41.4 Å². The summed E-state index contributed by atoms with van der Waals surface area (Å²) in [7, 11) is 0. The van der Waals surface area contributed by atoms with Gasteiger partial charge in [0.05, 0.1) is 5.69 Å². The number of nitrogens with zero attached hydrogens (tertiary/aromatic N) is 1. The molecule has 1 aliphatic heterocycles. The van der Waals surface area contributed by atoms with Crippen LogP contribution in [0.2, 0.25) is 0 Å². The number of anilines is 1. The minimum Gasteiger partial charge on any atom is -0.274 e. The molecule has 2 amide bonds. The van der Waals surface area contributed by atoms with Crippen molar-refractivity contribution < 1.29 is 14.0 Å². The number of carbonyl (C=O) groups excluding carboxylic acids is 2. The van der Waals surface area contributed by atoms with E-state index in [1.54, 1.807) is 19.9 Å². The highest BCUT2D eigenvalue weighted by molar-refractivity contribution is 9.10. The maximum Gasteiger partial charge on any atom is 0.234 e. The maximum absolute atomic E-state index is 13.8. The van der Waals surface area contributed by atoms with Crippen LogP contribution in [-0.4, -0.2) is 11.8 Å². The Morgan fingerprint density at radius 3 is 2.29 bits per heavy atom. The third kappa shape index (κ3) is 1.88. The molecule has 5 heteroatoms. The third-order valence-corrected chi connectivity index (χ3v) is 3.48. The molecule has 3 nitrogen and oxygen atoms in total. The Morgan fingerprint density at radius 2 is 1.76 bits per heavy atom. The van der Waals surface area contributed by atoms with Crippen molar-refractivity contribution in [3.63, 3.8) is 0 Å². The fraction of sp³-hybridized carbons (Fsp3) is 0.333. The molecule has 1 aliphatic rings. The van der Waals surface area contributed by atoms with Crippen LogP contribution in [0, 0.1) is 19.7 Å². The second-order valence-corrected chi connectivity index (χ2v) is 4.94. The van der Waals surface area contributed by atoms with Gasteiger partial charge in [-0.3, -0.25) is 9.59 Å². The number of imide groups is 1. The summed E-state index contributed by atoms with van der Waals surface area (Å²) in [5, 5.41) is 0. The van der Waals surface area contributed by atoms with Gasteiger partial charge < -0.3 is 0 Å². The molecule has 17 heavy (non-hydrogen) atoms. The van der Waals surface area contributed by atoms with E-state index in [0.29, 0.717) is 21.3 Å². The number of benzene rings is 1. The lowest BCUT2D eigenvalue weighted by Gasteiger charge is -2.19. The van der Waals surface area contributed by atoms with Gasteiger partial charge >= 0.3 is 0 Å². The number of hydrogen-bond donors (Lipinski definition) is 0. The number of amides is 2. The smallest absolute Gasteiger partial charge is 0.234 e. The fourth-order valence-electron chi connectivity index (χ4n) is 2.00. The number of rotatable bonds is 1. The summed E-state index contributed by atoms with van der Waals surface area (Å²) in [4.78, 5) is 24.4. The number of halogens is 2. The van der Waals surface area contributed by atoms with Crippen molar-refractivity contribution in [1.29, 1.82) is 0 Å². The standard InChI is InChI=1S/C12H11BrFNO2/c1-6-5-8(13)12(7(2)11(6)14)15-9(16)3-4-10(15)17/h5H,3-4H2,1-2H3. The molecule has 90 valence electrons. The summed E-state index contributed by atoms with van der Waals surface area (Å²) in [6.07, 6.45) is 0.389. The Balaban J connectivity index is 2.63. The molecule has 1 heterocycles. The van der Waals surface area contributed by atoms with E-state index in [4.69, 9.17) is 0 Å². The van der Waals surface area contributed by atoms with Gasteiger partial charge in [0, 0.05) is 22.9 Å². The molecular weight excluding hydrogens is 289 g/mol. The van der Waals surface area contributed by atoms with Gasteiger partial charge in [0.15, 0.2) is 0 Å². The normalized spacial score (nSPS) is 15.9. The molecule has 0 aliphatic carbocycles. The van der Waals surface area contributed by atoms with E-state index in [1.807, 2.05) is 0 Å². The van der Waals surface area contributed by atoms with Gasteiger partial charge in [0.1, 0.15) is 5.82 Å². The SMILES string of the molecule is Cc1cc(Br)c(N2C(=O)CCC2=O)c(C)c1F. The fourth-order valence-corrected chi connectivity index (χ4v) is 2.82. The second kappa shape index (κ2) is 4.22. The minimum atomic E-state index is -0.379. The number of carbonyl (C=O) groups is 2. The van der Waals surface area contributed by atoms with Crippen LogP contribution < -0.4 is 4.90 Å². The van der Waals surface area contributed by atoms with Crippen molar-refractivity contribution in [2.75, 3.05) is 4.90 Å². The zero-order valence-electron chi connectivity index (χ0n) is 9.51. The first-order chi connectivity index (χ1) is 7.93. The molecule has 1 saturated heterocycles. The molecular formula is C12H11BrFNO2. The molecule has 1 fully saturated rings. The lowest BCUT2D eigenvalue weighted by molar-refractivity contribution is -0.121. The van der Waals surface area contributed by atoms with Gasteiger partial charge in [0.2, 0.25) is 11.8 Å². The largest absolute Gasteiger partial charge is 0.274 e. The molecule has 1 aromatic carbocycles. The van der Waals surface area contributed by atoms with E-state index in [2.05, 4.69) is 15.9 Å². The maximum atomic E-state index is 13.8. The number of hydrogen-bond acceptors (Lipinski definition) is 2. The Kier molecular flexibility index (Phi) is 3.03. The van der Waals surface area contributed by atoms with Crippen LogP contribution in [0.3, 0.4) is 0 Å². The predicted octanol–water partition coefficient (Wildman–Crippen LogP) is 2.86. The highest BCUT2D eigenvalue weighted by Gasteiger charge is 2.33. The molecule has 0 aromatic heterocycles. The Morgan fingerprint density at radius 1 is 1.24 bits per heavy atom. The molecule has 0 spiro atoms. The van der Waals surface area contributed by atoms with Crippen molar-refractivity contribution in [3.05, 3.63) is 27.5 Å². The van der Waals surface area contributed by atoms with E-state index < -0.39 is 0 Å². The van der Waals surface area contributed by atoms with Crippen molar-refractivity contribution >= 4 is 33.4 Å². The molecule has 2 rings (SSSR count). The zero-order chi connectivity index (χ0) is 12.7. The Labute approximate surface area is 107 Å². The van der Waals surface area contributed by atoms with Crippen molar-refractivity contribution in [3.8, 4) is 0 Å². The Hall–Kier alpha value is -1.23. The first-order valence-electron chi connectivity index (χ1n) is 5.24. The number of aryl methyl sites for hydroxylation is 1. The summed E-state index contributed by atoms with van der Waals surface area (Å²) in [6.45, 7) is 3.21. The summed E-state index contributed by atoms with van der Waals surface area (Å²) in [6, 6.07) is 1.58. The molecule has 0 atom stereocenters. The van der Waals surface area contributed by atoms with Gasteiger partial charge in [0.25, 0.3) is 0 Å². The molecule has 0 N–H and O–H groups in total. The molecule has 1 aromatic rings. The van der Waals surface area contributed by atoms with E-state index >= 15 is 0 Å². The lowest BCUT2D eigenvalue weighted by atomic mass is 10.1. The quantitative estimate of drug-likeness (QED) is 0.748. The summed E-state index contributed by atoms with van der Waals surface area (Å²) >= 11 is 3.28. The van der Waals surface area contributed by atoms with Crippen LogP contribution in [0.15, 0.2) is 10.5 Å². The van der Waals surface area contributed by atoms with E-state index in [1.165, 1.54) is 0 Å². The Bertz CT molecular complexity index is 512. The molecule has 0 unspecified atom stereocenters. The molecule has 0 saturated carbocycles. The summed E-state index contributed by atoms with van der Waals surface area (Å²) in [5.41, 5.74) is 1.14. The van der Waals surface area contributed by atoms with Crippen molar-refractivity contribution in [2.45, 2.75) is 26.7 Å². The minimum absolute atomic E-state index is 0.195. The van der Waals surface area contributed by atoms with Crippen LogP contribution in [0.5, 0.6) is 0 Å². The van der Waals surface area contributed by atoms with E-state index in [-0.39, 0.29) is 30.5 Å². The van der Waals surface area contributed by atoms with Gasteiger partial charge in [-0.25, -0.2) is 9.29 Å². The highest BCUT2D eigenvalue weighted by Crippen LogP contribution is 2.36. The van der Waals surface area contributed by atoms with E-state index in [9.17, 15) is 14.0 Å². The molecule has 0 bridgehead atoms. The van der Waals surface area contributed by atoms with Crippen molar-refractivity contribution in [1.82, 2.24) is 0 Å². The average Bonchev–Trinajstić information content (AvgIpc) is 2.58. The van der Waals surface area contributed by atoms with Crippen LogP contribution in [-0.2, 0) is 9.59 Å². The lowest BCUT2D eigenvalue weighted by Crippen LogP contribution is -2.30. The van der Waals surface area contributed by atoms with Crippen molar-refractivity contribution in [2.24, 2.45) is 0 Å². The zero-order valence-corrected chi connectivity index (χ0v) is 11.1. The van der Waals surface area contributed by atoms with Crippen LogP contribution in [0.1, 0.15) is 24.0 Å². The summed E-state index contributed by atoms with van der Waals surface area (Å²) in [5.74, 6) is -0.931. The van der Waals surface area contributed by atoms with Gasteiger partial charge in [-0.1, -0.05) is 0 Å².